The largest absolute Gasteiger partial charge is 0.455 e. The molecule has 0 N–H and O–H groups in total. The number of fused-ring (bicyclic) bond motifs is 6. The van der Waals surface area contributed by atoms with Gasteiger partial charge in [-0.05, 0) is 180 Å². The van der Waals surface area contributed by atoms with Crippen LogP contribution >= 0.6 is 0 Å². The molecule has 0 aliphatic heterocycles. The van der Waals surface area contributed by atoms with Crippen LogP contribution in [0.2, 0.25) is 0 Å². The van der Waals surface area contributed by atoms with Gasteiger partial charge in [0.2, 0.25) is 0 Å². The number of anilines is 12. The number of nitrogens with zero attached hydrogens (tertiary/aromatic N) is 4. The van der Waals surface area contributed by atoms with Gasteiger partial charge in [-0.2, -0.15) is 0 Å². The lowest BCUT2D eigenvalue weighted by molar-refractivity contribution is 0.669. The first-order chi connectivity index (χ1) is 44.6. The molecule has 0 saturated carbocycles. The Morgan fingerprint density at radius 1 is 0.156 bits per heavy atom. The molecular weight excluding hydrogens is 1100 g/mol. The second kappa shape index (κ2) is 23.3. The summed E-state index contributed by atoms with van der Waals surface area (Å²) in [5.74, 6) is 0. The molecule has 0 radical (unpaired) electrons. The zero-order valence-electron chi connectivity index (χ0n) is 49.1. The fraction of sp³-hybridized carbons (Fsp3) is 0. The fourth-order valence-corrected chi connectivity index (χ4v) is 12.7. The second-order valence-corrected chi connectivity index (χ2v) is 22.5. The zero-order chi connectivity index (χ0) is 59.7. The van der Waals surface area contributed by atoms with Gasteiger partial charge in [0.15, 0.2) is 0 Å². The summed E-state index contributed by atoms with van der Waals surface area (Å²) in [5.41, 5.74) is 22.9. The molecule has 0 aliphatic carbocycles. The lowest BCUT2D eigenvalue weighted by atomic mass is 10.0. The van der Waals surface area contributed by atoms with Crippen LogP contribution in [0.4, 0.5) is 68.2 Å². The van der Waals surface area contributed by atoms with Gasteiger partial charge >= 0.3 is 0 Å². The van der Waals surface area contributed by atoms with Crippen LogP contribution in [-0.2, 0) is 0 Å². The van der Waals surface area contributed by atoms with Gasteiger partial charge in [-0.1, -0.05) is 194 Å². The van der Waals surface area contributed by atoms with E-state index in [-0.39, 0.29) is 0 Å². The fourth-order valence-electron chi connectivity index (χ4n) is 12.7. The third-order valence-electron chi connectivity index (χ3n) is 17.1. The van der Waals surface area contributed by atoms with Crippen LogP contribution < -0.4 is 19.6 Å². The van der Waals surface area contributed by atoms with E-state index in [4.69, 9.17) is 8.83 Å². The topological polar surface area (TPSA) is 39.2 Å². The molecule has 0 bridgehead atoms. The molecule has 6 heteroatoms. The summed E-state index contributed by atoms with van der Waals surface area (Å²) in [6, 6.07) is 125. The number of hydrogen-bond acceptors (Lipinski definition) is 6. The Morgan fingerprint density at radius 2 is 0.367 bits per heavy atom. The van der Waals surface area contributed by atoms with Gasteiger partial charge in [-0.25, -0.2) is 0 Å². The van der Waals surface area contributed by atoms with Crippen LogP contribution in [0.15, 0.2) is 361 Å². The van der Waals surface area contributed by atoms with Gasteiger partial charge in [-0.3, -0.25) is 0 Å². The summed E-state index contributed by atoms with van der Waals surface area (Å²) in [6.07, 6.45) is 0. The SMILES string of the molecule is c1ccc(N(c2ccc(-c3ccc(N(c4ccccc4)c4ccc(N(c5ccccc5)c5ccc(-c6cccc7c6oc6ccccc67)cc5)cc4)cc3)cc2)c2ccc(N(c3ccccc3)c3ccc(-c4cccc5c4oc4ccccc45)cc3)cc2)cc1. The Balaban J connectivity index is 0.666. The van der Waals surface area contributed by atoms with Crippen molar-refractivity contribution in [1.29, 1.82) is 0 Å². The summed E-state index contributed by atoms with van der Waals surface area (Å²) in [5, 5.41) is 4.50. The predicted molar refractivity (Wildman–Crippen MR) is 376 cm³/mol. The highest BCUT2D eigenvalue weighted by Gasteiger charge is 2.21. The van der Waals surface area contributed by atoms with Crippen molar-refractivity contribution in [3.05, 3.63) is 352 Å². The highest BCUT2D eigenvalue weighted by molar-refractivity contribution is 6.11. The number of hydrogen-bond donors (Lipinski definition) is 0. The first-order valence-corrected chi connectivity index (χ1v) is 30.5. The molecule has 14 aromatic carbocycles. The molecule has 16 aromatic rings. The maximum atomic E-state index is 6.44. The quantitative estimate of drug-likeness (QED) is 0.102. The molecule has 0 aliphatic rings. The van der Waals surface area contributed by atoms with Crippen LogP contribution in [0.3, 0.4) is 0 Å². The van der Waals surface area contributed by atoms with E-state index in [1.165, 1.54) is 0 Å². The Morgan fingerprint density at radius 3 is 0.644 bits per heavy atom. The van der Waals surface area contributed by atoms with Crippen molar-refractivity contribution >= 4 is 112 Å². The van der Waals surface area contributed by atoms with Crippen molar-refractivity contribution in [1.82, 2.24) is 0 Å². The Bertz CT molecular complexity index is 4800. The molecule has 90 heavy (non-hydrogen) atoms. The molecule has 0 saturated heterocycles. The molecule has 16 rings (SSSR count). The molecule has 0 atom stereocenters. The van der Waals surface area contributed by atoms with E-state index in [1.54, 1.807) is 0 Å². The van der Waals surface area contributed by atoms with Crippen molar-refractivity contribution in [2.45, 2.75) is 0 Å². The van der Waals surface area contributed by atoms with Crippen molar-refractivity contribution in [2.24, 2.45) is 0 Å². The first kappa shape index (κ1) is 53.4. The van der Waals surface area contributed by atoms with Crippen LogP contribution in [0.25, 0.3) is 77.3 Å². The van der Waals surface area contributed by atoms with Crippen molar-refractivity contribution in [3.8, 4) is 33.4 Å². The maximum absolute atomic E-state index is 6.44. The Hall–Kier alpha value is -12.1. The number of furan rings is 2. The minimum Gasteiger partial charge on any atom is -0.455 e. The van der Waals surface area contributed by atoms with Gasteiger partial charge in [0.1, 0.15) is 22.3 Å². The van der Waals surface area contributed by atoms with Crippen LogP contribution in [0.1, 0.15) is 0 Å². The van der Waals surface area contributed by atoms with Crippen LogP contribution in [0, 0.1) is 0 Å². The minimum atomic E-state index is 0.896. The average Bonchev–Trinajstić information content (AvgIpc) is 2.62. The second-order valence-electron chi connectivity index (χ2n) is 22.5. The maximum Gasteiger partial charge on any atom is 0.143 e. The van der Waals surface area contributed by atoms with Gasteiger partial charge < -0.3 is 28.4 Å². The standard InChI is InChI=1S/C84H58N4O2/c1-5-19-63(20-6-1)85(71-51-55-73(56-52-71)87(65-23-9-3-10-24-65)69-47-39-61(40-48-69)75-29-17-31-79-77-27-13-15-33-81(77)89-83(75)79)67-43-35-59(36-44-67)60-37-45-68(46-38-60)86(64-21-7-2-8-22-64)72-53-57-74(58-54-72)88(66-25-11-4-12-26-66)70-49-41-62(42-50-70)76-30-18-32-80-78-28-14-16-34-82(78)90-84(76)80/h1-58H. The third kappa shape index (κ3) is 10.0. The summed E-state index contributed by atoms with van der Waals surface area (Å²) < 4.78 is 12.9. The van der Waals surface area contributed by atoms with E-state index in [2.05, 4.69) is 347 Å². The lowest BCUT2D eigenvalue weighted by Crippen LogP contribution is -2.12. The van der Waals surface area contributed by atoms with E-state index in [0.717, 1.165) is 146 Å². The first-order valence-electron chi connectivity index (χ1n) is 30.5. The molecule has 0 fully saturated rings. The average molecular weight is 1160 g/mol. The summed E-state index contributed by atoms with van der Waals surface area (Å²) in [4.78, 5) is 9.26. The number of para-hydroxylation sites is 8. The number of benzene rings is 14. The zero-order valence-corrected chi connectivity index (χ0v) is 49.1. The van der Waals surface area contributed by atoms with Gasteiger partial charge in [-0.15, -0.1) is 0 Å². The minimum absolute atomic E-state index is 0.896. The summed E-state index contributed by atoms with van der Waals surface area (Å²) in [7, 11) is 0. The van der Waals surface area contributed by atoms with Crippen LogP contribution in [0.5, 0.6) is 0 Å². The molecule has 426 valence electrons. The Kier molecular flexibility index (Phi) is 13.8. The Labute approximate surface area is 522 Å². The molecule has 2 aromatic heterocycles. The normalized spacial score (nSPS) is 11.3. The number of rotatable bonds is 15. The highest BCUT2D eigenvalue weighted by Crippen LogP contribution is 2.45. The van der Waals surface area contributed by atoms with Crippen molar-refractivity contribution in [3.63, 3.8) is 0 Å². The summed E-state index contributed by atoms with van der Waals surface area (Å²) >= 11 is 0. The highest BCUT2D eigenvalue weighted by atomic mass is 16.3. The van der Waals surface area contributed by atoms with E-state index in [9.17, 15) is 0 Å². The molecule has 0 spiro atoms. The summed E-state index contributed by atoms with van der Waals surface area (Å²) in [6.45, 7) is 0. The molecule has 2 heterocycles. The monoisotopic (exact) mass is 1150 g/mol. The smallest absolute Gasteiger partial charge is 0.143 e. The van der Waals surface area contributed by atoms with E-state index in [0.29, 0.717) is 0 Å². The van der Waals surface area contributed by atoms with E-state index < -0.39 is 0 Å². The predicted octanol–water partition coefficient (Wildman–Crippen LogP) is 24.4. The van der Waals surface area contributed by atoms with Gasteiger partial charge in [0, 0.05) is 101 Å². The lowest BCUT2D eigenvalue weighted by Gasteiger charge is -2.28. The molecule has 0 unspecified atom stereocenters. The van der Waals surface area contributed by atoms with Gasteiger partial charge in [0.05, 0.1) is 0 Å². The van der Waals surface area contributed by atoms with Crippen molar-refractivity contribution in [2.75, 3.05) is 19.6 Å². The molecule has 0 amide bonds. The van der Waals surface area contributed by atoms with Crippen molar-refractivity contribution < 1.29 is 8.83 Å². The van der Waals surface area contributed by atoms with Crippen LogP contribution in [-0.4, -0.2) is 0 Å². The molecular formula is C84H58N4O2. The molecule has 6 nitrogen and oxygen atoms in total. The van der Waals surface area contributed by atoms with E-state index in [1.807, 2.05) is 24.3 Å². The van der Waals surface area contributed by atoms with E-state index >= 15 is 0 Å². The van der Waals surface area contributed by atoms with Gasteiger partial charge in [0.25, 0.3) is 0 Å². The third-order valence-corrected chi connectivity index (χ3v) is 17.1.